The lowest BCUT2D eigenvalue weighted by Crippen LogP contribution is -2.99. The number of hydrogen-bond donors (Lipinski definition) is 3. The Hall–Kier alpha value is -3.34. The van der Waals surface area contributed by atoms with Crippen LogP contribution in [0.3, 0.4) is 0 Å². The van der Waals surface area contributed by atoms with Crippen LogP contribution in [-0.2, 0) is 31.9 Å². The van der Waals surface area contributed by atoms with Crippen molar-refractivity contribution in [2.24, 2.45) is 5.41 Å². The van der Waals surface area contributed by atoms with Gasteiger partial charge in [0.05, 0.1) is 4.91 Å². The van der Waals surface area contributed by atoms with E-state index in [1.165, 1.54) is 62.4 Å². The second-order valence-corrected chi connectivity index (χ2v) is 7.56. The van der Waals surface area contributed by atoms with Crippen LogP contribution in [-0.4, -0.2) is 33.1 Å². The Morgan fingerprint density at radius 2 is 1.37 bits per heavy atom. The van der Waals surface area contributed by atoms with Crippen molar-refractivity contribution in [3.8, 4) is 0 Å². The first-order valence-electron chi connectivity index (χ1n) is 9.07. The minimum Gasteiger partial charge on any atom is -0.595 e. The lowest BCUT2D eigenvalue weighted by molar-refractivity contribution is -0.991. The van der Waals surface area contributed by atoms with Gasteiger partial charge < -0.3 is 14.7 Å². The summed E-state index contributed by atoms with van der Waals surface area (Å²) in [5, 5.41) is 28.0. The molecule has 0 saturated carbocycles. The fourth-order valence-corrected chi connectivity index (χ4v) is 3.30. The number of cyclic esters (lactones) is 2. The van der Waals surface area contributed by atoms with Crippen LogP contribution >= 0.6 is 0 Å². The van der Waals surface area contributed by atoms with Crippen LogP contribution in [0.4, 0.5) is 11.4 Å². The van der Waals surface area contributed by atoms with Crippen LogP contribution in [0.5, 0.6) is 0 Å². The predicted molar refractivity (Wildman–Crippen MR) is 99.8 cm³/mol. The normalized spacial score (nSPS) is 18.3. The van der Waals surface area contributed by atoms with Crippen molar-refractivity contribution >= 4 is 23.3 Å². The number of carbonyl (C=O) groups excluding carboxylic acids is 2. The molecule has 2 aromatic rings. The Balaban J connectivity index is 1.97. The van der Waals surface area contributed by atoms with Gasteiger partial charge in [-0.2, -0.15) is 5.23 Å². The summed E-state index contributed by atoms with van der Waals surface area (Å²) in [6.07, 6.45) is -0.151. The van der Waals surface area contributed by atoms with Crippen molar-refractivity contribution in [1.82, 2.24) is 0 Å². The SMILES string of the molecule is CC1(C)OC(=O)C(Cc2ccc([N+](=O)O)cc2)(Cc2ccc([NH+]([O-])O)cc2)C(=O)O1. The molecule has 10 heteroatoms. The maximum Gasteiger partial charge on any atom is 0.327 e. The van der Waals surface area contributed by atoms with Crippen molar-refractivity contribution in [1.29, 1.82) is 0 Å². The topological polar surface area (TPSA) is 141 Å². The Morgan fingerprint density at radius 1 is 0.933 bits per heavy atom. The zero-order valence-electron chi connectivity index (χ0n) is 16.3. The third-order valence-electron chi connectivity index (χ3n) is 4.83. The molecule has 0 aliphatic carbocycles. The zero-order chi connectivity index (χ0) is 22.1. The number of hydrogen-bond acceptors (Lipinski definition) is 7. The molecule has 1 aliphatic heterocycles. The molecule has 1 atom stereocenters. The van der Waals surface area contributed by atoms with E-state index in [4.69, 9.17) is 19.9 Å². The van der Waals surface area contributed by atoms with Crippen LogP contribution in [0.15, 0.2) is 48.5 Å². The molecular formula is C20H21N2O8+. The number of benzene rings is 2. The molecule has 0 radical (unpaired) electrons. The van der Waals surface area contributed by atoms with Crippen molar-refractivity contribution in [2.75, 3.05) is 0 Å². The Bertz CT molecular complexity index is 947. The first-order valence-corrected chi connectivity index (χ1v) is 9.07. The third kappa shape index (κ3) is 4.30. The maximum absolute atomic E-state index is 13.0. The second kappa shape index (κ2) is 7.82. The summed E-state index contributed by atoms with van der Waals surface area (Å²) in [6.45, 7) is 2.90. The van der Waals surface area contributed by atoms with Crippen LogP contribution in [0.25, 0.3) is 0 Å². The summed E-state index contributed by atoms with van der Waals surface area (Å²) in [4.78, 5) is 36.7. The average Bonchev–Trinajstić information content (AvgIpc) is 2.66. The van der Waals surface area contributed by atoms with Gasteiger partial charge >= 0.3 is 17.6 Å². The molecule has 0 bridgehead atoms. The molecule has 10 nitrogen and oxygen atoms in total. The predicted octanol–water partition coefficient (Wildman–Crippen LogP) is 1.50. The molecule has 3 N–H and O–H groups in total. The van der Waals surface area contributed by atoms with E-state index < -0.39 is 28.4 Å². The van der Waals surface area contributed by atoms with Gasteiger partial charge in [-0.05, 0) is 24.0 Å². The summed E-state index contributed by atoms with van der Waals surface area (Å²) >= 11 is 0. The summed E-state index contributed by atoms with van der Waals surface area (Å²) in [5.41, 5.74) is -0.544. The highest BCUT2D eigenvalue weighted by Crippen LogP contribution is 2.38. The fraction of sp³-hybridized carbons (Fsp3) is 0.300. The number of nitrogens with zero attached hydrogens (tertiary/aromatic N) is 1. The number of nitrogens with one attached hydrogen (secondary N) is 1. The maximum atomic E-state index is 13.0. The molecule has 1 unspecified atom stereocenters. The Morgan fingerprint density at radius 3 is 1.77 bits per heavy atom. The smallest absolute Gasteiger partial charge is 0.327 e. The number of quaternary nitrogens is 1. The van der Waals surface area contributed by atoms with Crippen LogP contribution < -0.4 is 5.23 Å². The Kier molecular flexibility index (Phi) is 5.57. The number of carbonyl (C=O) groups is 2. The van der Waals surface area contributed by atoms with Gasteiger partial charge in [-0.25, -0.2) is 10.4 Å². The zero-order valence-corrected chi connectivity index (χ0v) is 16.3. The van der Waals surface area contributed by atoms with Gasteiger partial charge in [0.25, 0.3) is 10.7 Å². The number of esters is 2. The molecule has 30 heavy (non-hydrogen) atoms. The Labute approximate surface area is 171 Å². The molecule has 1 fully saturated rings. The highest BCUT2D eigenvalue weighted by Gasteiger charge is 2.56. The summed E-state index contributed by atoms with van der Waals surface area (Å²) in [5.74, 6) is -2.93. The van der Waals surface area contributed by atoms with Gasteiger partial charge in [0.1, 0.15) is 0 Å². The van der Waals surface area contributed by atoms with E-state index in [0.29, 0.717) is 11.1 Å². The quantitative estimate of drug-likeness (QED) is 0.365. The molecule has 158 valence electrons. The van der Waals surface area contributed by atoms with Crippen molar-refractivity contribution in [3.05, 3.63) is 69.8 Å². The third-order valence-corrected chi connectivity index (χ3v) is 4.83. The van der Waals surface area contributed by atoms with E-state index in [2.05, 4.69) is 0 Å². The molecule has 0 spiro atoms. The summed E-state index contributed by atoms with van der Waals surface area (Å²) in [6, 6.07) is 11.5. The minimum atomic E-state index is -1.70. The monoisotopic (exact) mass is 417 g/mol. The van der Waals surface area contributed by atoms with E-state index >= 15 is 0 Å². The largest absolute Gasteiger partial charge is 0.595 e. The minimum absolute atomic E-state index is 0.00742. The molecular weight excluding hydrogens is 396 g/mol. The van der Waals surface area contributed by atoms with Gasteiger partial charge in [0, 0.05) is 38.1 Å². The van der Waals surface area contributed by atoms with E-state index in [9.17, 15) is 19.7 Å². The fourth-order valence-electron chi connectivity index (χ4n) is 3.30. The van der Waals surface area contributed by atoms with Gasteiger partial charge in [0.15, 0.2) is 11.1 Å². The van der Waals surface area contributed by atoms with Gasteiger partial charge in [-0.1, -0.05) is 24.3 Å². The van der Waals surface area contributed by atoms with E-state index in [1.807, 2.05) is 0 Å². The van der Waals surface area contributed by atoms with Gasteiger partial charge in [-0.3, -0.25) is 9.59 Å². The molecule has 2 aromatic carbocycles. The summed E-state index contributed by atoms with van der Waals surface area (Å²) < 4.78 is 10.7. The molecule has 1 saturated heterocycles. The molecule has 0 amide bonds. The average molecular weight is 417 g/mol. The van der Waals surface area contributed by atoms with E-state index in [0.717, 1.165) is 0 Å². The number of ether oxygens (including phenoxy) is 2. The van der Waals surface area contributed by atoms with Gasteiger partial charge in [0.2, 0.25) is 0 Å². The molecule has 1 aliphatic rings. The van der Waals surface area contributed by atoms with Crippen molar-refractivity contribution in [2.45, 2.75) is 32.5 Å². The standard InChI is InChI=1S/C20H21N2O8/c1-19(2)29-17(23)20(18(24)30-19,11-13-3-7-15(8-4-13)21(25)26)12-14-5-9-16(10-6-14)22(27)28/h3-10,21,25H,11-12H2,1-2H3,(H,27,28)/q+1. The molecule has 1 heterocycles. The second-order valence-electron chi connectivity index (χ2n) is 7.56. The van der Waals surface area contributed by atoms with Crippen LogP contribution in [0.2, 0.25) is 0 Å². The lowest BCUT2D eigenvalue weighted by atomic mass is 9.75. The van der Waals surface area contributed by atoms with Gasteiger partial charge in [-0.15, -0.1) is 0 Å². The summed E-state index contributed by atoms with van der Waals surface area (Å²) in [7, 11) is 0. The van der Waals surface area contributed by atoms with Crippen LogP contribution in [0.1, 0.15) is 25.0 Å². The van der Waals surface area contributed by atoms with Crippen LogP contribution in [0, 0.1) is 15.5 Å². The highest BCUT2D eigenvalue weighted by molar-refractivity contribution is 6.02. The lowest BCUT2D eigenvalue weighted by Gasteiger charge is -2.40. The first-order chi connectivity index (χ1) is 14.0. The van der Waals surface area contributed by atoms with E-state index in [1.54, 1.807) is 0 Å². The van der Waals surface area contributed by atoms with E-state index in [-0.39, 0.29) is 29.1 Å². The molecule has 3 rings (SSSR count). The number of rotatable bonds is 6. The molecule has 0 aromatic heterocycles. The highest BCUT2D eigenvalue weighted by atomic mass is 16.8. The van der Waals surface area contributed by atoms with Crippen molar-refractivity contribution in [3.63, 3.8) is 0 Å². The van der Waals surface area contributed by atoms with Crippen molar-refractivity contribution < 1.29 is 39.6 Å². The first kappa shape index (κ1) is 21.4.